The Balaban J connectivity index is 1.65. The summed E-state index contributed by atoms with van der Waals surface area (Å²) in [7, 11) is 0. The van der Waals surface area contributed by atoms with Crippen LogP contribution in [-0.4, -0.2) is 18.1 Å². The van der Waals surface area contributed by atoms with Crippen molar-refractivity contribution in [1.29, 1.82) is 0 Å². The van der Waals surface area contributed by atoms with Crippen LogP contribution in [0.4, 0.5) is 0 Å². The molecule has 1 aromatic rings. The molecule has 1 aromatic heterocycles. The van der Waals surface area contributed by atoms with Gasteiger partial charge in [-0.05, 0) is 44.9 Å². The van der Waals surface area contributed by atoms with Crippen molar-refractivity contribution in [2.75, 3.05) is 6.54 Å². The second kappa shape index (κ2) is 6.39. The van der Waals surface area contributed by atoms with E-state index in [4.69, 9.17) is 10.2 Å². The molecule has 102 valence electrons. The van der Waals surface area contributed by atoms with E-state index >= 15 is 0 Å². The molecule has 0 spiro atoms. The predicted molar refractivity (Wildman–Crippen MR) is 74.5 cm³/mol. The molecule has 1 heterocycles. The van der Waals surface area contributed by atoms with Gasteiger partial charge in [-0.1, -0.05) is 19.3 Å². The van der Waals surface area contributed by atoms with Gasteiger partial charge in [0.15, 0.2) is 0 Å². The highest BCUT2D eigenvalue weighted by Gasteiger charge is 2.26. The average molecular weight is 250 g/mol. The topological polar surface area (TPSA) is 51.2 Å². The van der Waals surface area contributed by atoms with Crippen molar-refractivity contribution in [3.05, 3.63) is 24.2 Å². The van der Waals surface area contributed by atoms with Crippen molar-refractivity contribution in [1.82, 2.24) is 5.32 Å². The van der Waals surface area contributed by atoms with Crippen LogP contribution in [-0.2, 0) is 6.42 Å². The molecule has 1 unspecified atom stereocenters. The summed E-state index contributed by atoms with van der Waals surface area (Å²) in [6.45, 7) is 3.21. The summed E-state index contributed by atoms with van der Waals surface area (Å²) in [5.74, 6) is 1.05. The highest BCUT2D eigenvalue weighted by Crippen LogP contribution is 2.28. The summed E-state index contributed by atoms with van der Waals surface area (Å²) >= 11 is 0. The molecule has 0 bridgehead atoms. The second-order valence-corrected chi connectivity index (χ2v) is 5.81. The van der Waals surface area contributed by atoms with E-state index in [1.807, 2.05) is 12.1 Å². The molecule has 18 heavy (non-hydrogen) atoms. The zero-order valence-electron chi connectivity index (χ0n) is 11.5. The van der Waals surface area contributed by atoms with E-state index in [2.05, 4.69) is 12.2 Å². The van der Waals surface area contributed by atoms with Crippen molar-refractivity contribution in [3.63, 3.8) is 0 Å². The van der Waals surface area contributed by atoms with Crippen LogP contribution in [0, 0.1) is 0 Å². The summed E-state index contributed by atoms with van der Waals surface area (Å²) < 4.78 is 5.36. The maximum Gasteiger partial charge on any atom is 0.105 e. The first-order valence-corrected chi connectivity index (χ1v) is 7.23. The van der Waals surface area contributed by atoms with Crippen LogP contribution in [0.3, 0.4) is 0 Å². The van der Waals surface area contributed by atoms with Gasteiger partial charge in [0.05, 0.1) is 6.26 Å². The number of furan rings is 1. The van der Waals surface area contributed by atoms with Crippen LogP contribution in [0.25, 0.3) is 0 Å². The van der Waals surface area contributed by atoms with E-state index in [1.54, 1.807) is 6.26 Å². The molecule has 0 radical (unpaired) electrons. The quantitative estimate of drug-likeness (QED) is 0.816. The Hall–Kier alpha value is -0.800. The van der Waals surface area contributed by atoms with E-state index in [0.717, 1.165) is 25.1 Å². The highest BCUT2D eigenvalue weighted by atomic mass is 16.3. The van der Waals surface area contributed by atoms with Gasteiger partial charge in [0.2, 0.25) is 0 Å². The number of nitrogens with two attached hydrogens (primary N) is 1. The second-order valence-electron chi connectivity index (χ2n) is 5.81. The Morgan fingerprint density at radius 1 is 1.39 bits per heavy atom. The molecule has 0 saturated heterocycles. The normalized spacial score (nSPS) is 20.8. The number of rotatable bonds is 6. The van der Waals surface area contributed by atoms with E-state index in [9.17, 15) is 0 Å². The fourth-order valence-corrected chi connectivity index (χ4v) is 2.88. The molecular formula is C15H26N2O. The van der Waals surface area contributed by atoms with Crippen LogP contribution in [0.1, 0.15) is 51.2 Å². The monoisotopic (exact) mass is 250 g/mol. The Bertz CT molecular complexity index is 328. The molecule has 1 fully saturated rings. The van der Waals surface area contributed by atoms with Gasteiger partial charge in [0, 0.05) is 18.0 Å². The van der Waals surface area contributed by atoms with Gasteiger partial charge in [-0.2, -0.15) is 0 Å². The maximum absolute atomic E-state index is 6.42. The van der Waals surface area contributed by atoms with E-state index in [1.165, 1.54) is 32.1 Å². The van der Waals surface area contributed by atoms with Crippen molar-refractivity contribution < 1.29 is 4.42 Å². The SMILES string of the molecule is CC(Cc1ccco1)NCCC1(N)CCCCC1. The smallest absolute Gasteiger partial charge is 0.105 e. The number of nitrogens with one attached hydrogen (secondary N) is 1. The third-order valence-corrected chi connectivity index (χ3v) is 4.05. The molecule has 3 heteroatoms. The van der Waals surface area contributed by atoms with Gasteiger partial charge in [0.1, 0.15) is 5.76 Å². The van der Waals surface area contributed by atoms with Crippen molar-refractivity contribution in [3.8, 4) is 0 Å². The van der Waals surface area contributed by atoms with Crippen LogP contribution < -0.4 is 11.1 Å². The molecule has 2 rings (SSSR count). The first-order chi connectivity index (χ1) is 8.68. The van der Waals surface area contributed by atoms with Crippen molar-refractivity contribution >= 4 is 0 Å². The molecule has 3 N–H and O–H groups in total. The van der Waals surface area contributed by atoms with Crippen molar-refractivity contribution in [2.24, 2.45) is 5.73 Å². The van der Waals surface area contributed by atoms with E-state index in [0.29, 0.717) is 6.04 Å². The summed E-state index contributed by atoms with van der Waals surface area (Å²) in [5.41, 5.74) is 6.52. The van der Waals surface area contributed by atoms with Gasteiger partial charge in [-0.3, -0.25) is 0 Å². The molecule has 1 saturated carbocycles. The van der Waals surface area contributed by atoms with Crippen LogP contribution in [0.15, 0.2) is 22.8 Å². The molecular weight excluding hydrogens is 224 g/mol. The summed E-state index contributed by atoms with van der Waals surface area (Å²) in [6, 6.07) is 4.42. The molecule has 1 aliphatic carbocycles. The maximum atomic E-state index is 6.42. The fourth-order valence-electron chi connectivity index (χ4n) is 2.88. The first-order valence-electron chi connectivity index (χ1n) is 7.23. The van der Waals surface area contributed by atoms with E-state index < -0.39 is 0 Å². The van der Waals surface area contributed by atoms with E-state index in [-0.39, 0.29) is 5.54 Å². The van der Waals surface area contributed by atoms with Gasteiger partial charge < -0.3 is 15.5 Å². The fraction of sp³-hybridized carbons (Fsp3) is 0.733. The Kier molecular flexibility index (Phi) is 4.84. The van der Waals surface area contributed by atoms with Crippen molar-refractivity contribution in [2.45, 2.75) is 63.5 Å². The molecule has 0 aliphatic heterocycles. The van der Waals surface area contributed by atoms with Crippen LogP contribution in [0.2, 0.25) is 0 Å². The van der Waals surface area contributed by atoms with Gasteiger partial charge in [0.25, 0.3) is 0 Å². The zero-order chi connectivity index (χ0) is 12.8. The Labute approximate surface area is 110 Å². The minimum Gasteiger partial charge on any atom is -0.469 e. The van der Waals surface area contributed by atoms with Crippen LogP contribution in [0.5, 0.6) is 0 Å². The lowest BCUT2D eigenvalue weighted by atomic mass is 9.80. The van der Waals surface area contributed by atoms with Gasteiger partial charge >= 0.3 is 0 Å². The average Bonchev–Trinajstić information content (AvgIpc) is 2.82. The van der Waals surface area contributed by atoms with Crippen LogP contribution >= 0.6 is 0 Å². The first kappa shape index (κ1) is 13.6. The standard InChI is InChI=1S/C15H26N2O/c1-13(12-14-6-5-11-18-14)17-10-9-15(16)7-3-2-4-8-15/h5-6,11,13,17H,2-4,7-10,12,16H2,1H3. The molecule has 1 atom stereocenters. The lowest BCUT2D eigenvalue weighted by Gasteiger charge is -2.33. The largest absolute Gasteiger partial charge is 0.469 e. The third-order valence-electron chi connectivity index (χ3n) is 4.05. The van der Waals surface area contributed by atoms with Gasteiger partial charge in [-0.25, -0.2) is 0 Å². The molecule has 0 aromatic carbocycles. The molecule has 0 amide bonds. The van der Waals surface area contributed by atoms with Gasteiger partial charge in [-0.15, -0.1) is 0 Å². The highest BCUT2D eigenvalue weighted by molar-refractivity contribution is 5.00. The molecule has 3 nitrogen and oxygen atoms in total. The minimum atomic E-state index is 0.0929. The lowest BCUT2D eigenvalue weighted by Crippen LogP contribution is -2.45. The summed E-state index contributed by atoms with van der Waals surface area (Å²) in [6.07, 6.45) is 10.1. The minimum absolute atomic E-state index is 0.0929. The Morgan fingerprint density at radius 2 is 2.17 bits per heavy atom. The predicted octanol–water partition coefficient (Wildman–Crippen LogP) is 2.85. The molecule has 1 aliphatic rings. The number of hydrogen-bond acceptors (Lipinski definition) is 3. The summed E-state index contributed by atoms with van der Waals surface area (Å²) in [4.78, 5) is 0. The third kappa shape index (κ3) is 4.14. The Morgan fingerprint density at radius 3 is 2.83 bits per heavy atom. The summed E-state index contributed by atoms with van der Waals surface area (Å²) in [5, 5.41) is 3.55. The lowest BCUT2D eigenvalue weighted by molar-refractivity contribution is 0.271. The number of hydrogen-bond donors (Lipinski definition) is 2. The zero-order valence-corrected chi connectivity index (χ0v) is 11.5.